The Balaban J connectivity index is 2.17. The van der Waals surface area contributed by atoms with Crippen LogP contribution in [0.2, 0.25) is 0 Å². The number of piperidine rings is 1. The molecule has 0 saturated carbocycles. The Morgan fingerprint density at radius 1 is 1.53 bits per heavy atom. The lowest BCUT2D eigenvalue weighted by Crippen LogP contribution is -2.44. The van der Waals surface area contributed by atoms with Crippen LogP contribution < -0.4 is 4.90 Å². The van der Waals surface area contributed by atoms with Gasteiger partial charge in [-0.3, -0.25) is 0 Å². The maximum Gasteiger partial charge on any atom is 0.142 e. The molecule has 0 amide bonds. The van der Waals surface area contributed by atoms with E-state index in [0.29, 0.717) is 12.0 Å². The summed E-state index contributed by atoms with van der Waals surface area (Å²) in [6.45, 7) is 6.28. The van der Waals surface area contributed by atoms with Crippen LogP contribution in [0.5, 0.6) is 0 Å². The van der Waals surface area contributed by atoms with E-state index < -0.39 is 0 Å². The normalized spacial score (nSPS) is 25.1. The predicted molar refractivity (Wildman–Crippen MR) is 73.5 cm³/mol. The molecule has 0 radical (unpaired) electrons. The van der Waals surface area contributed by atoms with Crippen molar-refractivity contribution in [1.29, 1.82) is 0 Å². The van der Waals surface area contributed by atoms with Crippen LogP contribution in [0.25, 0.3) is 0 Å². The number of rotatable bonds is 2. The largest absolute Gasteiger partial charge is 0.379 e. The van der Waals surface area contributed by atoms with Gasteiger partial charge in [-0.05, 0) is 46.8 Å². The van der Waals surface area contributed by atoms with E-state index in [1.165, 1.54) is 5.56 Å². The highest BCUT2D eigenvalue weighted by Gasteiger charge is 2.27. The minimum absolute atomic E-state index is 0.304. The fourth-order valence-electron chi connectivity index (χ4n) is 2.29. The molecule has 1 fully saturated rings. The van der Waals surface area contributed by atoms with E-state index in [-0.39, 0.29) is 0 Å². The lowest BCUT2D eigenvalue weighted by Gasteiger charge is -2.37. The number of aryl methyl sites for hydroxylation is 1. The molecule has 1 aromatic rings. The van der Waals surface area contributed by atoms with Crippen molar-refractivity contribution < 1.29 is 4.74 Å². The molecule has 94 valence electrons. The predicted octanol–water partition coefficient (Wildman–Crippen LogP) is 3.01. The molecule has 1 aromatic heterocycles. The van der Waals surface area contributed by atoms with E-state index in [2.05, 4.69) is 45.7 Å². The van der Waals surface area contributed by atoms with E-state index in [1.807, 2.05) is 6.20 Å². The van der Waals surface area contributed by atoms with E-state index in [9.17, 15) is 0 Å². The Bertz CT molecular complexity index is 397. The number of ether oxygens (including phenoxy) is 1. The molecule has 3 nitrogen and oxygen atoms in total. The third-order valence-corrected chi connectivity index (χ3v) is 4.03. The summed E-state index contributed by atoms with van der Waals surface area (Å²) >= 11 is 3.59. The van der Waals surface area contributed by atoms with Gasteiger partial charge in [0.1, 0.15) is 5.82 Å². The molecule has 1 aliphatic rings. The number of halogens is 1. The van der Waals surface area contributed by atoms with Gasteiger partial charge >= 0.3 is 0 Å². The molecule has 0 N–H and O–H groups in total. The third-order valence-electron chi connectivity index (χ3n) is 3.45. The van der Waals surface area contributed by atoms with Crippen LogP contribution in [0.15, 0.2) is 16.7 Å². The molecule has 17 heavy (non-hydrogen) atoms. The minimum atomic E-state index is 0.304. The first-order valence-electron chi connectivity index (χ1n) is 6.01. The minimum Gasteiger partial charge on any atom is -0.379 e. The molecule has 2 rings (SSSR count). The summed E-state index contributed by atoms with van der Waals surface area (Å²) in [5.41, 5.74) is 1.18. The van der Waals surface area contributed by atoms with Crippen molar-refractivity contribution in [3.8, 4) is 0 Å². The topological polar surface area (TPSA) is 25.4 Å². The number of hydrogen-bond donors (Lipinski definition) is 0. The zero-order valence-electron chi connectivity index (χ0n) is 10.6. The van der Waals surface area contributed by atoms with Gasteiger partial charge in [-0.2, -0.15) is 0 Å². The van der Waals surface area contributed by atoms with Gasteiger partial charge in [0.25, 0.3) is 0 Å². The van der Waals surface area contributed by atoms with E-state index in [0.717, 1.165) is 29.8 Å². The SMILES string of the molecule is COC1CN(c2ncc(C)cc2Br)CCC1C. The number of pyridine rings is 1. The summed E-state index contributed by atoms with van der Waals surface area (Å²) < 4.78 is 6.61. The molecule has 2 atom stereocenters. The lowest BCUT2D eigenvalue weighted by molar-refractivity contribution is 0.0496. The number of anilines is 1. The molecule has 2 unspecified atom stereocenters. The molecule has 0 aromatic carbocycles. The first kappa shape index (κ1) is 12.8. The monoisotopic (exact) mass is 298 g/mol. The Labute approximate surface area is 111 Å². The molecule has 0 aliphatic carbocycles. The average Bonchev–Trinajstić information content (AvgIpc) is 2.30. The lowest BCUT2D eigenvalue weighted by atomic mass is 9.96. The zero-order chi connectivity index (χ0) is 12.4. The van der Waals surface area contributed by atoms with Crippen molar-refractivity contribution in [1.82, 2.24) is 4.98 Å². The number of nitrogens with zero attached hydrogens (tertiary/aromatic N) is 2. The molecule has 0 bridgehead atoms. The summed E-state index contributed by atoms with van der Waals surface area (Å²) in [6, 6.07) is 2.11. The van der Waals surface area contributed by atoms with Gasteiger partial charge in [0, 0.05) is 26.4 Å². The van der Waals surface area contributed by atoms with Gasteiger partial charge in [0.05, 0.1) is 10.6 Å². The van der Waals surface area contributed by atoms with Crippen LogP contribution in [-0.2, 0) is 4.74 Å². The molecular weight excluding hydrogens is 280 g/mol. The van der Waals surface area contributed by atoms with E-state index >= 15 is 0 Å². The Hall–Kier alpha value is -0.610. The van der Waals surface area contributed by atoms with Gasteiger partial charge < -0.3 is 9.64 Å². The quantitative estimate of drug-likeness (QED) is 0.839. The van der Waals surface area contributed by atoms with Crippen LogP contribution in [0.4, 0.5) is 5.82 Å². The van der Waals surface area contributed by atoms with Crippen LogP contribution >= 0.6 is 15.9 Å². The summed E-state index contributed by atoms with van der Waals surface area (Å²) in [7, 11) is 1.79. The second-order valence-corrected chi connectivity index (χ2v) is 5.66. The molecule has 2 heterocycles. The van der Waals surface area contributed by atoms with Crippen molar-refractivity contribution in [2.45, 2.75) is 26.4 Å². The van der Waals surface area contributed by atoms with Crippen LogP contribution in [0.3, 0.4) is 0 Å². The highest BCUT2D eigenvalue weighted by atomic mass is 79.9. The fraction of sp³-hybridized carbons (Fsp3) is 0.615. The zero-order valence-corrected chi connectivity index (χ0v) is 12.2. The smallest absolute Gasteiger partial charge is 0.142 e. The van der Waals surface area contributed by atoms with Crippen molar-refractivity contribution in [2.75, 3.05) is 25.1 Å². The maximum absolute atomic E-state index is 5.53. The summed E-state index contributed by atoms with van der Waals surface area (Å²) in [4.78, 5) is 6.82. The Morgan fingerprint density at radius 3 is 2.94 bits per heavy atom. The Morgan fingerprint density at radius 2 is 2.29 bits per heavy atom. The summed E-state index contributed by atoms with van der Waals surface area (Å²) in [6.07, 6.45) is 3.37. The highest BCUT2D eigenvalue weighted by molar-refractivity contribution is 9.10. The Kier molecular flexibility index (Phi) is 4.05. The van der Waals surface area contributed by atoms with E-state index in [4.69, 9.17) is 4.74 Å². The first-order chi connectivity index (χ1) is 8.11. The number of methoxy groups -OCH3 is 1. The second kappa shape index (κ2) is 5.36. The van der Waals surface area contributed by atoms with Crippen LogP contribution in [0.1, 0.15) is 18.9 Å². The molecule has 0 spiro atoms. The first-order valence-corrected chi connectivity index (χ1v) is 6.81. The highest BCUT2D eigenvalue weighted by Crippen LogP contribution is 2.29. The maximum atomic E-state index is 5.53. The van der Waals surface area contributed by atoms with Gasteiger partial charge in [0.2, 0.25) is 0 Å². The number of aromatic nitrogens is 1. The van der Waals surface area contributed by atoms with Gasteiger partial charge in [0.15, 0.2) is 0 Å². The summed E-state index contributed by atoms with van der Waals surface area (Å²) in [5.74, 6) is 1.66. The van der Waals surface area contributed by atoms with Crippen molar-refractivity contribution in [3.05, 3.63) is 22.3 Å². The molecule has 1 saturated heterocycles. The van der Waals surface area contributed by atoms with Crippen LogP contribution in [-0.4, -0.2) is 31.3 Å². The number of hydrogen-bond acceptors (Lipinski definition) is 3. The van der Waals surface area contributed by atoms with Crippen LogP contribution in [0, 0.1) is 12.8 Å². The molecule has 1 aliphatic heterocycles. The van der Waals surface area contributed by atoms with Gasteiger partial charge in [-0.15, -0.1) is 0 Å². The molecular formula is C13H19BrN2O. The van der Waals surface area contributed by atoms with Crippen molar-refractivity contribution in [2.24, 2.45) is 5.92 Å². The van der Waals surface area contributed by atoms with Gasteiger partial charge in [-0.25, -0.2) is 4.98 Å². The molecule has 4 heteroatoms. The third kappa shape index (κ3) is 2.80. The second-order valence-electron chi connectivity index (χ2n) is 4.80. The standard InChI is InChI=1S/C13H19BrN2O/c1-9-6-11(14)13(15-7-9)16-5-4-10(2)12(8-16)17-3/h6-7,10,12H,4-5,8H2,1-3H3. The van der Waals surface area contributed by atoms with Crippen molar-refractivity contribution >= 4 is 21.7 Å². The van der Waals surface area contributed by atoms with Gasteiger partial charge in [-0.1, -0.05) is 6.92 Å². The average molecular weight is 299 g/mol. The van der Waals surface area contributed by atoms with Crippen molar-refractivity contribution in [3.63, 3.8) is 0 Å². The summed E-state index contributed by atoms with van der Waals surface area (Å²) in [5, 5.41) is 0. The van der Waals surface area contributed by atoms with E-state index in [1.54, 1.807) is 7.11 Å². The fourth-order valence-corrected chi connectivity index (χ4v) is 3.01.